The largest absolute Gasteiger partial charge is 0.507 e. The number of aliphatic hydroxyl groups is 1. The molecule has 5 rings (SSSR count). The summed E-state index contributed by atoms with van der Waals surface area (Å²) in [6.07, 6.45) is 0. The van der Waals surface area contributed by atoms with Crippen molar-refractivity contribution in [2.75, 3.05) is 12.0 Å². The molecular formula is C25H19N3O4S. The van der Waals surface area contributed by atoms with Crippen molar-refractivity contribution in [2.24, 2.45) is 0 Å². The second kappa shape index (κ2) is 8.14. The first-order chi connectivity index (χ1) is 16.0. The van der Waals surface area contributed by atoms with Crippen LogP contribution in [0.1, 0.15) is 22.2 Å². The van der Waals surface area contributed by atoms with Crippen molar-refractivity contribution in [2.45, 2.75) is 13.0 Å². The van der Waals surface area contributed by atoms with Crippen LogP contribution >= 0.6 is 11.3 Å². The molecule has 0 radical (unpaired) electrons. The van der Waals surface area contributed by atoms with Gasteiger partial charge in [0.05, 0.1) is 18.7 Å². The van der Waals surface area contributed by atoms with Gasteiger partial charge in [-0.1, -0.05) is 53.8 Å². The van der Waals surface area contributed by atoms with Gasteiger partial charge in [-0.25, -0.2) is 0 Å². The second-order valence-corrected chi connectivity index (χ2v) is 8.73. The molecule has 0 saturated carbocycles. The molecule has 7 nitrogen and oxygen atoms in total. The standard InChI is InChI=1S/C25H19N3O4S/c1-14-26-27-25(33-14)28-21(19-9-5-7-15-6-3-4-8-18(15)19)20(23(30)24(28)31)22(29)16-10-12-17(32-2)13-11-16/h3-13,21,29H,1-2H3/t21-/m0/s1. The molecule has 1 fully saturated rings. The van der Waals surface area contributed by atoms with Crippen molar-refractivity contribution >= 4 is 44.7 Å². The van der Waals surface area contributed by atoms with Crippen LogP contribution in [-0.2, 0) is 9.59 Å². The van der Waals surface area contributed by atoms with Gasteiger partial charge in [0.1, 0.15) is 16.5 Å². The zero-order chi connectivity index (χ0) is 23.1. The van der Waals surface area contributed by atoms with Crippen molar-refractivity contribution in [3.63, 3.8) is 0 Å². The number of rotatable bonds is 4. The minimum Gasteiger partial charge on any atom is -0.507 e. The molecule has 33 heavy (non-hydrogen) atoms. The smallest absolute Gasteiger partial charge is 0.301 e. The molecule has 164 valence electrons. The van der Waals surface area contributed by atoms with Crippen LogP contribution in [0.3, 0.4) is 0 Å². The Hall–Kier alpha value is -4.04. The van der Waals surface area contributed by atoms with Gasteiger partial charge in [-0.2, -0.15) is 0 Å². The molecule has 8 heteroatoms. The summed E-state index contributed by atoms with van der Waals surface area (Å²) in [6, 6.07) is 19.2. The molecule has 4 aromatic rings. The molecule has 1 amide bonds. The predicted octanol–water partition coefficient (Wildman–Crippen LogP) is 4.63. The van der Waals surface area contributed by atoms with Crippen LogP contribution in [0.2, 0.25) is 0 Å². The Labute approximate surface area is 193 Å². The summed E-state index contributed by atoms with van der Waals surface area (Å²) in [7, 11) is 1.55. The van der Waals surface area contributed by atoms with E-state index in [-0.39, 0.29) is 11.3 Å². The van der Waals surface area contributed by atoms with E-state index in [0.29, 0.717) is 21.5 Å². The number of carbonyl (C=O) groups is 2. The number of aryl methyl sites for hydroxylation is 1. The normalized spacial score (nSPS) is 17.6. The summed E-state index contributed by atoms with van der Waals surface area (Å²) in [5, 5.41) is 22.2. The van der Waals surface area contributed by atoms with Gasteiger partial charge < -0.3 is 9.84 Å². The number of anilines is 1. The number of hydrogen-bond donors (Lipinski definition) is 1. The molecule has 0 spiro atoms. The van der Waals surface area contributed by atoms with Crippen LogP contribution in [0.25, 0.3) is 16.5 Å². The molecule has 0 unspecified atom stereocenters. The summed E-state index contributed by atoms with van der Waals surface area (Å²) in [5.41, 5.74) is 1.14. The molecule has 1 saturated heterocycles. The van der Waals surface area contributed by atoms with E-state index in [2.05, 4.69) is 10.2 Å². The molecule has 1 aliphatic rings. The van der Waals surface area contributed by atoms with Crippen LogP contribution in [0, 0.1) is 6.92 Å². The van der Waals surface area contributed by atoms with Crippen LogP contribution in [0.15, 0.2) is 72.3 Å². The molecule has 1 aliphatic heterocycles. The molecule has 1 atom stereocenters. The highest BCUT2D eigenvalue weighted by molar-refractivity contribution is 7.15. The SMILES string of the molecule is COc1ccc(C(O)=C2C(=O)C(=O)N(c3nnc(C)s3)[C@H]2c2cccc3ccccc23)cc1. The number of methoxy groups -OCH3 is 1. The van der Waals surface area contributed by atoms with Crippen molar-refractivity contribution in [3.8, 4) is 5.75 Å². The van der Waals surface area contributed by atoms with Crippen LogP contribution in [-0.4, -0.2) is 34.1 Å². The molecule has 0 bridgehead atoms. The lowest BCUT2D eigenvalue weighted by atomic mass is 9.92. The highest BCUT2D eigenvalue weighted by Crippen LogP contribution is 2.44. The average molecular weight is 458 g/mol. The maximum absolute atomic E-state index is 13.3. The minimum absolute atomic E-state index is 0.00868. The monoisotopic (exact) mass is 457 g/mol. The number of benzene rings is 3. The van der Waals surface area contributed by atoms with E-state index < -0.39 is 17.7 Å². The van der Waals surface area contributed by atoms with E-state index in [1.807, 2.05) is 42.5 Å². The highest BCUT2D eigenvalue weighted by atomic mass is 32.1. The van der Waals surface area contributed by atoms with E-state index in [0.717, 1.165) is 16.3 Å². The maximum atomic E-state index is 13.3. The number of hydrogen-bond acceptors (Lipinski definition) is 7. The van der Waals surface area contributed by atoms with E-state index in [4.69, 9.17) is 4.74 Å². The van der Waals surface area contributed by atoms with E-state index in [1.54, 1.807) is 38.3 Å². The van der Waals surface area contributed by atoms with Crippen LogP contribution < -0.4 is 9.64 Å². The molecule has 3 aromatic carbocycles. The molecule has 1 aromatic heterocycles. The Bertz CT molecular complexity index is 1420. The molecule has 0 aliphatic carbocycles. The Morgan fingerprint density at radius 1 is 1.00 bits per heavy atom. The fourth-order valence-corrected chi connectivity index (χ4v) is 4.82. The van der Waals surface area contributed by atoms with Gasteiger partial charge in [0.2, 0.25) is 5.13 Å². The van der Waals surface area contributed by atoms with E-state index >= 15 is 0 Å². The number of ether oxygens (including phenoxy) is 1. The fraction of sp³-hybridized carbons (Fsp3) is 0.120. The quantitative estimate of drug-likeness (QED) is 0.273. The summed E-state index contributed by atoms with van der Waals surface area (Å²) in [6.45, 7) is 1.78. The number of carbonyl (C=O) groups excluding carboxylic acids is 2. The number of aromatic nitrogens is 2. The van der Waals surface area contributed by atoms with Crippen LogP contribution in [0.5, 0.6) is 5.75 Å². The first kappa shape index (κ1) is 20.8. The third kappa shape index (κ3) is 3.44. The van der Waals surface area contributed by atoms with Crippen LogP contribution in [0.4, 0.5) is 5.13 Å². The fourth-order valence-electron chi connectivity index (χ4n) is 4.10. The molecule has 2 heterocycles. The van der Waals surface area contributed by atoms with Crippen molar-refractivity contribution in [1.82, 2.24) is 10.2 Å². The van der Waals surface area contributed by atoms with Gasteiger partial charge >= 0.3 is 5.91 Å². The Morgan fingerprint density at radius 3 is 2.42 bits per heavy atom. The van der Waals surface area contributed by atoms with E-state index in [9.17, 15) is 14.7 Å². The first-order valence-electron chi connectivity index (χ1n) is 10.2. The zero-order valence-corrected chi connectivity index (χ0v) is 18.7. The Balaban J connectivity index is 1.78. The number of ketones is 1. The minimum atomic E-state index is -0.856. The summed E-state index contributed by atoms with van der Waals surface area (Å²) in [4.78, 5) is 27.8. The first-order valence-corrected chi connectivity index (χ1v) is 11.0. The summed E-state index contributed by atoms with van der Waals surface area (Å²) >= 11 is 1.22. The Kier molecular flexibility index (Phi) is 5.14. The van der Waals surface area contributed by atoms with Gasteiger partial charge in [-0.05, 0) is 47.5 Å². The lowest BCUT2D eigenvalue weighted by Gasteiger charge is -2.24. The lowest BCUT2D eigenvalue weighted by Crippen LogP contribution is -2.29. The maximum Gasteiger partial charge on any atom is 0.301 e. The number of fused-ring (bicyclic) bond motifs is 1. The Morgan fingerprint density at radius 2 is 1.73 bits per heavy atom. The van der Waals surface area contributed by atoms with Crippen molar-refractivity contribution in [1.29, 1.82) is 0 Å². The third-order valence-electron chi connectivity index (χ3n) is 5.65. The summed E-state index contributed by atoms with van der Waals surface area (Å²) < 4.78 is 5.19. The van der Waals surface area contributed by atoms with Gasteiger partial charge in [0, 0.05) is 5.56 Å². The zero-order valence-electron chi connectivity index (χ0n) is 17.9. The molecular weight excluding hydrogens is 438 g/mol. The molecule has 1 N–H and O–H groups in total. The lowest BCUT2D eigenvalue weighted by molar-refractivity contribution is -0.132. The second-order valence-electron chi connectivity index (χ2n) is 7.57. The highest BCUT2D eigenvalue weighted by Gasteiger charge is 2.48. The summed E-state index contributed by atoms with van der Waals surface area (Å²) in [5.74, 6) is -1.16. The number of amides is 1. The average Bonchev–Trinajstić information content (AvgIpc) is 3.38. The van der Waals surface area contributed by atoms with Crippen molar-refractivity contribution in [3.05, 3.63) is 88.4 Å². The number of nitrogens with zero attached hydrogens (tertiary/aromatic N) is 3. The number of Topliss-reactive ketones (excluding diaryl/α,β-unsaturated/α-hetero) is 1. The van der Waals surface area contributed by atoms with E-state index in [1.165, 1.54) is 16.2 Å². The topological polar surface area (TPSA) is 92.6 Å². The predicted molar refractivity (Wildman–Crippen MR) is 126 cm³/mol. The third-order valence-corrected chi connectivity index (χ3v) is 6.49. The number of aliphatic hydroxyl groups excluding tert-OH is 1. The van der Waals surface area contributed by atoms with Gasteiger partial charge in [0.25, 0.3) is 5.78 Å². The van der Waals surface area contributed by atoms with Gasteiger partial charge in [-0.15, -0.1) is 10.2 Å². The van der Waals surface area contributed by atoms with Crippen molar-refractivity contribution < 1.29 is 19.4 Å². The van der Waals surface area contributed by atoms with Gasteiger partial charge in [0.15, 0.2) is 0 Å². The van der Waals surface area contributed by atoms with Gasteiger partial charge in [-0.3, -0.25) is 14.5 Å².